The van der Waals surface area contributed by atoms with Crippen LogP contribution in [0.15, 0.2) is 60.8 Å². The van der Waals surface area contributed by atoms with Crippen molar-refractivity contribution in [3.63, 3.8) is 0 Å². The fourth-order valence-electron chi connectivity index (χ4n) is 3.16. The van der Waals surface area contributed by atoms with E-state index in [1.165, 1.54) is 0 Å². The normalized spacial score (nSPS) is 15.5. The molecule has 1 unspecified atom stereocenters. The SMILES string of the molecule is COc1ccc2c(c1)OCC(C(=O)Nc1ccn(Cc3ccccc3)n1)C2. The van der Waals surface area contributed by atoms with Crippen molar-refractivity contribution in [2.24, 2.45) is 5.92 Å². The van der Waals surface area contributed by atoms with Crippen molar-refractivity contribution < 1.29 is 14.3 Å². The number of rotatable bonds is 5. The van der Waals surface area contributed by atoms with E-state index < -0.39 is 0 Å². The number of aromatic nitrogens is 2. The Bertz CT molecular complexity index is 937. The van der Waals surface area contributed by atoms with Gasteiger partial charge in [-0.15, -0.1) is 0 Å². The Morgan fingerprint density at radius 3 is 2.93 bits per heavy atom. The van der Waals surface area contributed by atoms with Gasteiger partial charge in [0.15, 0.2) is 5.82 Å². The predicted octanol–water partition coefficient (Wildman–Crippen LogP) is 3.13. The van der Waals surface area contributed by atoms with Crippen LogP contribution >= 0.6 is 0 Å². The van der Waals surface area contributed by atoms with Crippen molar-refractivity contribution in [1.82, 2.24) is 9.78 Å². The molecule has 6 heteroatoms. The second-order valence-corrected chi connectivity index (χ2v) is 6.56. The Labute approximate surface area is 157 Å². The van der Waals surface area contributed by atoms with E-state index >= 15 is 0 Å². The Morgan fingerprint density at radius 1 is 1.26 bits per heavy atom. The fourth-order valence-corrected chi connectivity index (χ4v) is 3.16. The second kappa shape index (κ2) is 7.53. The summed E-state index contributed by atoms with van der Waals surface area (Å²) in [5.41, 5.74) is 2.17. The van der Waals surface area contributed by atoms with Gasteiger partial charge in [0.1, 0.15) is 18.1 Å². The van der Waals surface area contributed by atoms with Gasteiger partial charge in [0.25, 0.3) is 0 Å². The molecule has 1 atom stereocenters. The van der Waals surface area contributed by atoms with E-state index in [-0.39, 0.29) is 11.8 Å². The molecule has 0 aliphatic carbocycles. The van der Waals surface area contributed by atoms with Crippen molar-refractivity contribution in [3.05, 3.63) is 71.9 Å². The van der Waals surface area contributed by atoms with Crippen LogP contribution in [0.25, 0.3) is 0 Å². The largest absolute Gasteiger partial charge is 0.497 e. The Morgan fingerprint density at radius 2 is 2.11 bits per heavy atom. The molecular weight excluding hydrogens is 342 g/mol. The summed E-state index contributed by atoms with van der Waals surface area (Å²) in [5.74, 6) is 1.76. The molecule has 1 amide bonds. The molecule has 1 aliphatic heterocycles. The number of anilines is 1. The summed E-state index contributed by atoms with van der Waals surface area (Å²) in [6, 6.07) is 17.6. The second-order valence-electron chi connectivity index (χ2n) is 6.56. The highest BCUT2D eigenvalue weighted by molar-refractivity contribution is 5.92. The maximum atomic E-state index is 12.6. The molecule has 0 radical (unpaired) electrons. The highest BCUT2D eigenvalue weighted by Crippen LogP contribution is 2.31. The third-order valence-electron chi connectivity index (χ3n) is 4.63. The molecule has 6 nitrogen and oxygen atoms in total. The number of nitrogens with zero attached hydrogens (tertiary/aromatic N) is 2. The van der Waals surface area contributed by atoms with Crippen LogP contribution in [-0.2, 0) is 17.8 Å². The van der Waals surface area contributed by atoms with E-state index in [0.717, 1.165) is 22.6 Å². The monoisotopic (exact) mass is 363 g/mol. The summed E-state index contributed by atoms with van der Waals surface area (Å²) in [4.78, 5) is 12.6. The predicted molar refractivity (Wildman–Crippen MR) is 102 cm³/mol. The summed E-state index contributed by atoms with van der Waals surface area (Å²) in [6.45, 7) is 1.01. The van der Waals surface area contributed by atoms with Crippen LogP contribution in [0, 0.1) is 5.92 Å². The van der Waals surface area contributed by atoms with Gasteiger partial charge < -0.3 is 14.8 Å². The molecule has 138 valence electrons. The van der Waals surface area contributed by atoms with Crippen molar-refractivity contribution in [1.29, 1.82) is 0 Å². The van der Waals surface area contributed by atoms with Crippen molar-refractivity contribution in [3.8, 4) is 11.5 Å². The lowest BCUT2D eigenvalue weighted by atomic mass is 9.96. The van der Waals surface area contributed by atoms with E-state index in [1.807, 2.05) is 65.5 Å². The maximum absolute atomic E-state index is 12.6. The molecule has 4 rings (SSSR count). The smallest absolute Gasteiger partial charge is 0.232 e. The number of carbonyl (C=O) groups is 1. The molecule has 1 aromatic heterocycles. The van der Waals surface area contributed by atoms with E-state index in [0.29, 0.717) is 25.4 Å². The molecule has 0 saturated carbocycles. The first-order valence-corrected chi connectivity index (χ1v) is 8.89. The van der Waals surface area contributed by atoms with Crippen LogP contribution in [-0.4, -0.2) is 29.4 Å². The first-order chi connectivity index (χ1) is 13.2. The van der Waals surface area contributed by atoms with E-state index in [2.05, 4.69) is 10.4 Å². The minimum atomic E-state index is -0.245. The molecule has 27 heavy (non-hydrogen) atoms. The Hall–Kier alpha value is -3.28. The van der Waals surface area contributed by atoms with Crippen molar-refractivity contribution in [2.75, 3.05) is 19.0 Å². The number of nitrogens with one attached hydrogen (secondary N) is 1. The Kier molecular flexibility index (Phi) is 4.78. The summed E-state index contributed by atoms with van der Waals surface area (Å²) in [7, 11) is 1.62. The average Bonchev–Trinajstić information content (AvgIpc) is 3.14. The zero-order valence-electron chi connectivity index (χ0n) is 15.1. The minimum Gasteiger partial charge on any atom is -0.497 e. The van der Waals surface area contributed by atoms with Gasteiger partial charge in [-0.3, -0.25) is 9.48 Å². The molecule has 0 bridgehead atoms. The number of benzene rings is 2. The highest BCUT2D eigenvalue weighted by Gasteiger charge is 2.26. The van der Waals surface area contributed by atoms with Crippen LogP contribution < -0.4 is 14.8 Å². The third kappa shape index (κ3) is 3.95. The number of hydrogen-bond acceptors (Lipinski definition) is 4. The molecule has 0 fully saturated rings. The molecular formula is C21H21N3O3. The number of ether oxygens (including phenoxy) is 2. The van der Waals surface area contributed by atoms with Gasteiger partial charge in [-0.1, -0.05) is 36.4 Å². The third-order valence-corrected chi connectivity index (χ3v) is 4.63. The number of methoxy groups -OCH3 is 1. The molecule has 2 heterocycles. The first-order valence-electron chi connectivity index (χ1n) is 8.89. The summed E-state index contributed by atoms with van der Waals surface area (Å²) < 4.78 is 12.8. The van der Waals surface area contributed by atoms with Crippen LogP contribution in [0.3, 0.4) is 0 Å². The molecule has 1 aliphatic rings. The van der Waals surface area contributed by atoms with Crippen molar-refractivity contribution >= 4 is 11.7 Å². The topological polar surface area (TPSA) is 65.4 Å². The summed E-state index contributed by atoms with van der Waals surface area (Å²) in [5, 5.41) is 7.33. The maximum Gasteiger partial charge on any atom is 0.232 e. The van der Waals surface area contributed by atoms with Gasteiger partial charge in [-0.05, 0) is 23.6 Å². The van der Waals surface area contributed by atoms with Crippen LogP contribution in [0.1, 0.15) is 11.1 Å². The van der Waals surface area contributed by atoms with E-state index in [9.17, 15) is 4.79 Å². The Balaban J connectivity index is 1.38. The van der Waals surface area contributed by atoms with Gasteiger partial charge in [-0.25, -0.2) is 0 Å². The van der Waals surface area contributed by atoms with E-state index in [1.54, 1.807) is 7.11 Å². The lowest BCUT2D eigenvalue weighted by molar-refractivity contribution is -0.121. The average molecular weight is 363 g/mol. The standard InChI is InChI=1S/C21H21N3O3/c1-26-18-8-7-16-11-17(14-27-19(16)12-18)21(25)22-20-9-10-24(23-20)13-15-5-3-2-4-6-15/h2-10,12,17H,11,13-14H2,1H3,(H,22,23,25). The van der Waals surface area contributed by atoms with Gasteiger partial charge >= 0.3 is 0 Å². The van der Waals surface area contributed by atoms with Crippen LogP contribution in [0.4, 0.5) is 5.82 Å². The number of amides is 1. The van der Waals surface area contributed by atoms with Gasteiger partial charge in [0, 0.05) is 18.3 Å². The van der Waals surface area contributed by atoms with E-state index in [4.69, 9.17) is 9.47 Å². The first kappa shape index (κ1) is 17.1. The minimum absolute atomic E-state index is 0.0820. The number of fused-ring (bicyclic) bond motifs is 1. The molecule has 3 aromatic rings. The zero-order chi connectivity index (χ0) is 18.6. The van der Waals surface area contributed by atoms with Gasteiger partial charge in [0.2, 0.25) is 5.91 Å². The zero-order valence-corrected chi connectivity index (χ0v) is 15.1. The highest BCUT2D eigenvalue weighted by atomic mass is 16.5. The van der Waals surface area contributed by atoms with Crippen LogP contribution in [0.2, 0.25) is 0 Å². The lowest BCUT2D eigenvalue weighted by Crippen LogP contribution is -2.32. The molecule has 1 N–H and O–H groups in total. The number of hydrogen-bond donors (Lipinski definition) is 1. The van der Waals surface area contributed by atoms with Crippen LogP contribution in [0.5, 0.6) is 11.5 Å². The summed E-state index contributed by atoms with van der Waals surface area (Å²) >= 11 is 0. The molecule has 0 saturated heterocycles. The molecule has 2 aromatic carbocycles. The quantitative estimate of drug-likeness (QED) is 0.756. The van der Waals surface area contributed by atoms with Crippen molar-refractivity contribution in [2.45, 2.75) is 13.0 Å². The summed E-state index contributed by atoms with van der Waals surface area (Å²) in [6.07, 6.45) is 2.50. The van der Waals surface area contributed by atoms with Gasteiger partial charge in [-0.2, -0.15) is 5.10 Å². The number of carbonyl (C=O) groups excluding carboxylic acids is 1. The molecule has 0 spiro atoms. The fraction of sp³-hybridized carbons (Fsp3) is 0.238. The lowest BCUT2D eigenvalue weighted by Gasteiger charge is -2.24. The van der Waals surface area contributed by atoms with Gasteiger partial charge in [0.05, 0.1) is 19.6 Å².